The minimum Gasteiger partial charge on any atom is -0.464 e. The van der Waals surface area contributed by atoms with Crippen molar-refractivity contribution in [2.75, 3.05) is 33.8 Å². The molecule has 0 aliphatic carbocycles. The Morgan fingerprint density at radius 3 is 2.69 bits per heavy atom. The van der Waals surface area contributed by atoms with Crippen molar-refractivity contribution in [3.05, 3.63) is 18.2 Å². The molecule has 1 amide bonds. The number of unbranched alkanes of at least 4 members (excludes halogenated alkanes) is 1. The molecule has 2 rings (SSSR count). The average molecular weight is 364 g/mol. The summed E-state index contributed by atoms with van der Waals surface area (Å²) in [5.74, 6) is 0.672. The first kappa shape index (κ1) is 20.4. The van der Waals surface area contributed by atoms with Crippen LogP contribution in [0, 0.1) is 0 Å². The molecule has 146 valence electrons. The first-order chi connectivity index (χ1) is 12.5. The molecule has 1 aliphatic heterocycles. The molecule has 0 saturated carbocycles. The van der Waals surface area contributed by atoms with Crippen LogP contribution in [0.2, 0.25) is 0 Å². The SMILES string of the molecule is CCCCOC(=O)Cn1ccnc1CCC(=O)N1CCC(N(C)C)CC1. The van der Waals surface area contributed by atoms with E-state index in [1.54, 1.807) is 17.0 Å². The number of aromatic nitrogens is 2. The molecule has 1 fully saturated rings. The van der Waals surface area contributed by atoms with Crippen molar-refractivity contribution in [3.63, 3.8) is 0 Å². The molecule has 2 heterocycles. The number of hydrogen-bond donors (Lipinski definition) is 0. The molecule has 7 nitrogen and oxygen atoms in total. The number of carbonyl (C=O) groups excluding carboxylic acids is 2. The van der Waals surface area contributed by atoms with Crippen molar-refractivity contribution >= 4 is 11.9 Å². The zero-order valence-electron chi connectivity index (χ0n) is 16.3. The van der Waals surface area contributed by atoms with Crippen molar-refractivity contribution < 1.29 is 14.3 Å². The smallest absolute Gasteiger partial charge is 0.325 e. The first-order valence-corrected chi connectivity index (χ1v) is 9.61. The van der Waals surface area contributed by atoms with E-state index in [0.717, 1.165) is 44.6 Å². The van der Waals surface area contributed by atoms with Gasteiger partial charge in [0.1, 0.15) is 12.4 Å². The molecular formula is C19H32N4O3. The van der Waals surface area contributed by atoms with E-state index >= 15 is 0 Å². The Bertz CT molecular complexity index is 577. The van der Waals surface area contributed by atoms with Crippen LogP contribution in [0.3, 0.4) is 0 Å². The number of aryl methyl sites for hydroxylation is 1. The van der Waals surface area contributed by atoms with E-state index in [9.17, 15) is 9.59 Å². The van der Waals surface area contributed by atoms with Gasteiger partial charge < -0.3 is 19.1 Å². The van der Waals surface area contributed by atoms with Crippen LogP contribution in [0.15, 0.2) is 12.4 Å². The van der Waals surface area contributed by atoms with Crippen LogP contribution >= 0.6 is 0 Å². The Labute approximate surface area is 156 Å². The molecule has 26 heavy (non-hydrogen) atoms. The molecular weight excluding hydrogens is 332 g/mol. The normalized spacial score (nSPS) is 15.5. The van der Waals surface area contributed by atoms with Gasteiger partial charge in [0.15, 0.2) is 0 Å². The summed E-state index contributed by atoms with van der Waals surface area (Å²) in [6.45, 7) is 4.31. The van der Waals surface area contributed by atoms with Crippen molar-refractivity contribution in [2.24, 2.45) is 0 Å². The van der Waals surface area contributed by atoms with Gasteiger partial charge in [-0.1, -0.05) is 13.3 Å². The standard InChI is InChI=1S/C19H32N4O3/c1-4-5-14-26-19(25)15-23-13-10-20-17(23)6-7-18(24)22-11-8-16(9-12-22)21(2)3/h10,13,16H,4-9,11-12,14-15H2,1-3H3. The first-order valence-electron chi connectivity index (χ1n) is 9.61. The molecule has 0 aromatic carbocycles. The fourth-order valence-electron chi connectivity index (χ4n) is 3.24. The van der Waals surface area contributed by atoms with Gasteiger partial charge in [-0.2, -0.15) is 0 Å². The Morgan fingerprint density at radius 2 is 2.04 bits per heavy atom. The van der Waals surface area contributed by atoms with Crippen LogP contribution in [0.25, 0.3) is 0 Å². The maximum absolute atomic E-state index is 12.5. The lowest BCUT2D eigenvalue weighted by molar-refractivity contribution is -0.144. The zero-order chi connectivity index (χ0) is 18.9. The van der Waals surface area contributed by atoms with Crippen molar-refractivity contribution in [1.29, 1.82) is 0 Å². The lowest BCUT2D eigenvalue weighted by Crippen LogP contribution is -2.44. The molecule has 0 spiro atoms. The second-order valence-corrected chi connectivity index (χ2v) is 7.12. The molecule has 1 aliphatic rings. The zero-order valence-corrected chi connectivity index (χ0v) is 16.3. The van der Waals surface area contributed by atoms with Crippen LogP contribution < -0.4 is 0 Å². The lowest BCUT2D eigenvalue weighted by Gasteiger charge is -2.35. The Morgan fingerprint density at radius 1 is 1.31 bits per heavy atom. The van der Waals surface area contributed by atoms with Gasteiger partial charge >= 0.3 is 5.97 Å². The van der Waals surface area contributed by atoms with Gasteiger partial charge in [0.25, 0.3) is 0 Å². The molecule has 7 heteroatoms. The van der Waals surface area contributed by atoms with E-state index in [-0.39, 0.29) is 18.4 Å². The third kappa shape index (κ3) is 6.12. The number of piperidine rings is 1. The minimum atomic E-state index is -0.255. The van der Waals surface area contributed by atoms with E-state index in [0.29, 0.717) is 25.5 Å². The van der Waals surface area contributed by atoms with Gasteiger partial charge in [0.2, 0.25) is 5.91 Å². The van der Waals surface area contributed by atoms with Gasteiger partial charge in [0.05, 0.1) is 6.61 Å². The summed E-state index contributed by atoms with van der Waals surface area (Å²) in [5.41, 5.74) is 0. The second kappa shape index (κ2) is 10.3. The predicted molar refractivity (Wildman–Crippen MR) is 99.7 cm³/mol. The van der Waals surface area contributed by atoms with Crippen LogP contribution in [-0.4, -0.2) is 71.1 Å². The highest BCUT2D eigenvalue weighted by Gasteiger charge is 2.23. The van der Waals surface area contributed by atoms with E-state index < -0.39 is 0 Å². The van der Waals surface area contributed by atoms with Crippen LogP contribution in [0.1, 0.15) is 44.9 Å². The quantitative estimate of drug-likeness (QED) is 0.493. The Hall–Kier alpha value is -1.89. The van der Waals surface area contributed by atoms with E-state index in [4.69, 9.17) is 4.74 Å². The van der Waals surface area contributed by atoms with Gasteiger partial charge in [-0.3, -0.25) is 9.59 Å². The molecule has 0 bridgehead atoms. The highest BCUT2D eigenvalue weighted by molar-refractivity contribution is 5.76. The van der Waals surface area contributed by atoms with Crippen LogP contribution in [-0.2, 0) is 27.3 Å². The minimum absolute atomic E-state index is 0.154. The fraction of sp³-hybridized carbons (Fsp3) is 0.737. The lowest BCUT2D eigenvalue weighted by atomic mass is 10.0. The summed E-state index contributed by atoms with van der Waals surface area (Å²) >= 11 is 0. The highest BCUT2D eigenvalue weighted by Crippen LogP contribution is 2.15. The number of ether oxygens (including phenoxy) is 1. The summed E-state index contributed by atoms with van der Waals surface area (Å²) < 4.78 is 6.97. The number of rotatable bonds is 9. The van der Waals surface area contributed by atoms with Gasteiger partial charge in [-0.05, 0) is 33.4 Å². The third-order valence-electron chi connectivity index (χ3n) is 4.97. The molecule has 1 aromatic heterocycles. The van der Waals surface area contributed by atoms with Crippen molar-refractivity contribution in [2.45, 2.75) is 58.0 Å². The number of likely N-dealkylation sites (tertiary alicyclic amines) is 1. The molecule has 1 saturated heterocycles. The molecule has 0 unspecified atom stereocenters. The average Bonchev–Trinajstić information content (AvgIpc) is 3.07. The molecule has 0 atom stereocenters. The monoisotopic (exact) mass is 364 g/mol. The fourth-order valence-corrected chi connectivity index (χ4v) is 3.24. The van der Waals surface area contributed by atoms with Crippen molar-refractivity contribution in [1.82, 2.24) is 19.4 Å². The number of hydrogen-bond acceptors (Lipinski definition) is 5. The predicted octanol–water partition coefficient (Wildman–Crippen LogP) is 1.71. The molecule has 0 N–H and O–H groups in total. The Balaban J connectivity index is 1.77. The maximum atomic E-state index is 12.5. The molecule has 0 radical (unpaired) electrons. The summed E-state index contributed by atoms with van der Waals surface area (Å²) in [5, 5.41) is 0. The van der Waals surface area contributed by atoms with Gasteiger partial charge in [-0.25, -0.2) is 4.98 Å². The summed E-state index contributed by atoms with van der Waals surface area (Å²) in [6, 6.07) is 0.566. The highest BCUT2D eigenvalue weighted by atomic mass is 16.5. The van der Waals surface area contributed by atoms with Crippen LogP contribution in [0.5, 0.6) is 0 Å². The maximum Gasteiger partial charge on any atom is 0.325 e. The van der Waals surface area contributed by atoms with Crippen LogP contribution in [0.4, 0.5) is 0 Å². The largest absolute Gasteiger partial charge is 0.464 e. The van der Waals surface area contributed by atoms with Gasteiger partial charge in [-0.15, -0.1) is 0 Å². The number of nitrogens with zero attached hydrogens (tertiary/aromatic N) is 4. The Kier molecular flexibility index (Phi) is 8.09. The van der Waals surface area contributed by atoms with E-state index in [1.165, 1.54) is 0 Å². The van der Waals surface area contributed by atoms with Crippen molar-refractivity contribution in [3.8, 4) is 0 Å². The number of carbonyl (C=O) groups is 2. The van der Waals surface area contributed by atoms with Gasteiger partial charge in [0, 0.05) is 44.4 Å². The number of esters is 1. The third-order valence-corrected chi connectivity index (χ3v) is 4.97. The molecule has 1 aromatic rings. The number of amides is 1. The summed E-state index contributed by atoms with van der Waals surface area (Å²) in [7, 11) is 4.18. The van der Waals surface area contributed by atoms with E-state index in [2.05, 4.69) is 30.9 Å². The topological polar surface area (TPSA) is 67.7 Å². The summed E-state index contributed by atoms with van der Waals surface area (Å²) in [4.78, 5) is 32.8. The van der Waals surface area contributed by atoms with E-state index in [1.807, 2.05) is 4.90 Å². The second-order valence-electron chi connectivity index (χ2n) is 7.12. The number of imidazole rings is 1. The summed E-state index contributed by atoms with van der Waals surface area (Å²) in [6.07, 6.45) is 8.33.